The van der Waals surface area contributed by atoms with Gasteiger partial charge in [-0.1, -0.05) is 18.2 Å². The minimum absolute atomic E-state index is 0. The first kappa shape index (κ1) is 6.88. The molecule has 0 heterocycles. The number of hydrogen-bond donors (Lipinski definition) is 0. The normalized spacial score (nSPS) is 15.7. The molecule has 0 atom stereocenters. The second kappa shape index (κ2) is 2.96. The molecule has 0 aliphatic heterocycles. The molecular weight excluding hydrogens is 83.0 g/mol. The third-order valence-electron chi connectivity index (χ3n) is 0.737. The zero-order valence-electron chi connectivity index (χ0n) is 4.35. The van der Waals surface area contributed by atoms with Crippen LogP contribution in [0.4, 0.5) is 0 Å². The summed E-state index contributed by atoms with van der Waals surface area (Å²) in [5.74, 6) is 0.148. The average molecular weight is 88.0 g/mol. The van der Waals surface area contributed by atoms with E-state index < -0.39 is 0 Å². The van der Waals surface area contributed by atoms with Gasteiger partial charge in [0.25, 0.3) is 0 Å². The average Bonchev–Trinajstić information content (AvgIpc) is 1.86. The first-order valence-electron chi connectivity index (χ1n) is 1.93. The van der Waals surface area contributed by atoms with Crippen LogP contribution in [0.5, 0.6) is 0 Å². The summed E-state index contributed by atoms with van der Waals surface area (Å²) in [4.78, 5) is 0. The maximum Gasteiger partial charge on any atom is 1.00 e. The van der Waals surface area contributed by atoms with Crippen LogP contribution >= 0.6 is 0 Å². The topological polar surface area (TPSA) is 23.1 Å². The van der Waals surface area contributed by atoms with Gasteiger partial charge in [-0.05, 0) is 6.42 Å². The quantitative estimate of drug-likeness (QED) is 0.293. The molecule has 0 radical (unpaired) electrons. The third-order valence-corrected chi connectivity index (χ3v) is 0.737. The van der Waals surface area contributed by atoms with Crippen LogP contribution in [0.3, 0.4) is 0 Å². The minimum atomic E-state index is 0. The van der Waals surface area contributed by atoms with E-state index in [1.807, 2.05) is 6.08 Å². The van der Waals surface area contributed by atoms with E-state index in [0.29, 0.717) is 0 Å². The summed E-state index contributed by atoms with van der Waals surface area (Å²) in [5, 5.41) is 10.1. The summed E-state index contributed by atoms with van der Waals surface area (Å²) in [5.41, 5.74) is 0. The molecule has 32 valence electrons. The Morgan fingerprint density at radius 1 is 1.57 bits per heavy atom. The third kappa shape index (κ3) is 1.87. The van der Waals surface area contributed by atoms with Crippen LogP contribution in [0.25, 0.3) is 0 Å². The van der Waals surface area contributed by atoms with Gasteiger partial charge in [-0.25, -0.2) is 0 Å². The molecule has 0 spiro atoms. The maximum absolute atomic E-state index is 10.1. The molecule has 0 aromatic heterocycles. The van der Waals surface area contributed by atoms with Gasteiger partial charge in [0.1, 0.15) is 0 Å². The Bertz CT molecular complexity index is 102. The molecule has 1 aliphatic rings. The van der Waals surface area contributed by atoms with Crippen molar-refractivity contribution < 1.29 is 24.0 Å². The fourth-order valence-electron chi connectivity index (χ4n) is 0.436. The van der Waals surface area contributed by atoms with E-state index in [2.05, 4.69) is 0 Å². The minimum Gasteiger partial charge on any atom is -0.873 e. The van der Waals surface area contributed by atoms with Gasteiger partial charge in [-0.2, -0.15) is 0 Å². The fourth-order valence-corrected chi connectivity index (χ4v) is 0.436. The summed E-state index contributed by atoms with van der Waals surface area (Å²) in [7, 11) is 0. The van der Waals surface area contributed by atoms with E-state index in [0.717, 1.165) is 6.42 Å². The Labute approximate surface area is 54.9 Å². The monoisotopic (exact) mass is 88.1 g/mol. The molecule has 0 N–H and O–H groups in total. The van der Waals surface area contributed by atoms with Gasteiger partial charge in [-0.15, -0.1) is 5.76 Å². The summed E-state index contributed by atoms with van der Waals surface area (Å²) in [6.45, 7) is 0. The summed E-state index contributed by atoms with van der Waals surface area (Å²) >= 11 is 0. The van der Waals surface area contributed by atoms with Crippen molar-refractivity contribution in [1.29, 1.82) is 0 Å². The maximum atomic E-state index is 10.1. The Balaban J connectivity index is 0.000000360. The van der Waals surface area contributed by atoms with Crippen molar-refractivity contribution in [1.82, 2.24) is 0 Å². The molecule has 0 amide bonds. The van der Waals surface area contributed by atoms with Gasteiger partial charge in [0.05, 0.1) is 0 Å². The van der Waals surface area contributed by atoms with Crippen molar-refractivity contribution >= 4 is 0 Å². The van der Waals surface area contributed by atoms with Gasteiger partial charge in [-0.3, -0.25) is 0 Å². The van der Waals surface area contributed by atoms with Gasteiger partial charge < -0.3 is 5.11 Å². The van der Waals surface area contributed by atoms with Gasteiger partial charge in [0, 0.05) is 0 Å². The summed E-state index contributed by atoms with van der Waals surface area (Å²) in [6, 6.07) is 0. The molecule has 1 aliphatic carbocycles. The zero-order valence-corrected chi connectivity index (χ0v) is 4.35. The van der Waals surface area contributed by atoms with E-state index in [1.54, 1.807) is 12.2 Å². The molecule has 0 bridgehead atoms. The second-order valence-corrected chi connectivity index (χ2v) is 1.24. The Morgan fingerprint density at radius 3 is 2.43 bits per heavy atom. The Kier molecular flexibility index (Phi) is 2.90. The van der Waals surface area contributed by atoms with Crippen LogP contribution in [0, 0.1) is 0 Å². The largest absolute Gasteiger partial charge is 1.00 e. The zero-order chi connectivity index (χ0) is 4.41. The molecule has 0 unspecified atom stereocenters. The van der Waals surface area contributed by atoms with Crippen molar-refractivity contribution in [2.24, 2.45) is 0 Å². The van der Waals surface area contributed by atoms with Crippen LogP contribution in [0.2, 0.25) is 0 Å². The molecule has 7 heavy (non-hydrogen) atoms. The molecular formula is C5H5LiO. The predicted octanol–water partition coefficient (Wildman–Crippen LogP) is -2.81. The molecule has 1 nitrogen and oxygen atoms in total. The molecule has 0 fully saturated rings. The van der Waals surface area contributed by atoms with Crippen LogP contribution in [0.15, 0.2) is 24.0 Å². The molecule has 0 saturated carbocycles. The van der Waals surface area contributed by atoms with Crippen molar-refractivity contribution in [3.63, 3.8) is 0 Å². The van der Waals surface area contributed by atoms with Crippen molar-refractivity contribution in [2.75, 3.05) is 0 Å². The van der Waals surface area contributed by atoms with Crippen LogP contribution in [0.1, 0.15) is 6.42 Å². The van der Waals surface area contributed by atoms with Gasteiger partial charge >= 0.3 is 18.9 Å². The Morgan fingerprint density at radius 2 is 2.29 bits per heavy atom. The van der Waals surface area contributed by atoms with Crippen molar-refractivity contribution in [2.45, 2.75) is 6.42 Å². The number of allylic oxidation sites excluding steroid dienone is 3. The molecule has 2 heteroatoms. The smallest absolute Gasteiger partial charge is 0.873 e. The van der Waals surface area contributed by atoms with Crippen LogP contribution in [-0.2, 0) is 0 Å². The van der Waals surface area contributed by atoms with Crippen molar-refractivity contribution in [3.8, 4) is 0 Å². The fraction of sp³-hybridized carbons (Fsp3) is 0.200. The standard InChI is InChI=1S/C5H6O.Li/c6-5-3-1-2-4-5;/h1,3-4,6H,2H2;/q;+1/p-1. The van der Waals surface area contributed by atoms with Gasteiger partial charge in [0.15, 0.2) is 0 Å². The van der Waals surface area contributed by atoms with E-state index in [-0.39, 0.29) is 24.6 Å². The van der Waals surface area contributed by atoms with E-state index >= 15 is 0 Å². The Hall–Kier alpha value is -0.123. The van der Waals surface area contributed by atoms with Gasteiger partial charge in [0.2, 0.25) is 0 Å². The molecule has 0 aromatic rings. The van der Waals surface area contributed by atoms with Crippen LogP contribution < -0.4 is 24.0 Å². The second-order valence-electron chi connectivity index (χ2n) is 1.24. The first-order chi connectivity index (χ1) is 2.89. The van der Waals surface area contributed by atoms with Crippen LogP contribution in [-0.4, -0.2) is 0 Å². The predicted molar refractivity (Wildman–Crippen MR) is 21.8 cm³/mol. The SMILES string of the molecule is [Li+].[O-]C1=CCC=C1. The molecule has 1 rings (SSSR count). The van der Waals surface area contributed by atoms with E-state index in [1.165, 1.54) is 0 Å². The number of hydrogen-bond acceptors (Lipinski definition) is 1. The summed E-state index contributed by atoms with van der Waals surface area (Å²) in [6.07, 6.45) is 5.92. The van der Waals surface area contributed by atoms with Crippen molar-refractivity contribution in [3.05, 3.63) is 24.0 Å². The van der Waals surface area contributed by atoms with E-state index in [9.17, 15) is 5.11 Å². The summed E-state index contributed by atoms with van der Waals surface area (Å²) < 4.78 is 0. The number of rotatable bonds is 0. The van der Waals surface area contributed by atoms with E-state index in [4.69, 9.17) is 0 Å². The molecule has 0 saturated heterocycles. The first-order valence-corrected chi connectivity index (χ1v) is 1.93. The molecule has 0 aromatic carbocycles.